The zero-order valence-corrected chi connectivity index (χ0v) is 12.5. The van der Waals surface area contributed by atoms with E-state index >= 15 is 0 Å². The number of aryl methyl sites for hydroxylation is 1. The molecule has 1 atom stereocenters. The van der Waals surface area contributed by atoms with Crippen molar-refractivity contribution in [3.8, 4) is 0 Å². The lowest BCUT2D eigenvalue weighted by atomic mass is 9.95. The molecule has 1 aliphatic heterocycles. The molecule has 1 aliphatic carbocycles. The van der Waals surface area contributed by atoms with E-state index in [2.05, 4.69) is 46.5 Å². The third-order valence-corrected chi connectivity index (χ3v) is 4.96. The van der Waals surface area contributed by atoms with Gasteiger partial charge in [0.15, 0.2) is 0 Å². The van der Waals surface area contributed by atoms with Gasteiger partial charge in [0.25, 0.3) is 0 Å². The molecule has 4 rings (SSSR count). The number of anilines is 1. The number of aromatic nitrogens is 2. The van der Waals surface area contributed by atoms with Gasteiger partial charge in [-0.1, -0.05) is 31.0 Å². The molecular formula is C18H23N3. The lowest BCUT2D eigenvalue weighted by Crippen LogP contribution is -2.27. The van der Waals surface area contributed by atoms with Crippen LogP contribution in [0.15, 0.2) is 36.5 Å². The van der Waals surface area contributed by atoms with Crippen molar-refractivity contribution in [2.24, 2.45) is 0 Å². The van der Waals surface area contributed by atoms with Gasteiger partial charge in [-0.3, -0.25) is 4.68 Å². The highest BCUT2D eigenvalue weighted by Gasteiger charge is 2.20. The molecule has 1 unspecified atom stereocenters. The van der Waals surface area contributed by atoms with Crippen LogP contribution in [0.3, 0.4) is 0 Å². The van der Waals surface area contributed by atoms with Gasteiger partial charge in [-0.25, -0.2) is 0 Å². The summed E-state index contributed by atoms with van der Waals surface area (Å²) in [5.41, 5.74) is 3.99. The number of benzene rings is 1. The van der Waals surface area contributed by atoms with Crippen LogP contribution in [-0.4, -0.2) is 15.8 Å². The van der Waals surface area contributed by atoms with Crippen LogP contribution in [-0.2, 0) is 12.8 Å². The Bertz CT molecular complexity index is 610. The van der Waals surface area contributed by atoms with Crippen LogP contribution >= 0.6 is 0 Å². The second-order valence-electron chi connectivity index (χ2n) is 6.47. The first-order chi connectivity index (χ1) is 10.4. The van der Waals surface area contributed by atoms with Gasteiger partial charge in [-0.05, 0) is 43.4 Å². The predicted molar refractivity (Wildman–Crippen MR) is 85.6 cm³/mol. The fraction of sp³-hybridized carbons (Fsp3) is 0.500. The summed E-state index contributed by atoms with van der Waals surface area (Å²) in [4.78, 5) is 0. The maximum Gasteiger partial charge on any atom is 0.0645 e. The average molecular weight is 281 g/mol. The largest absolute Gasteiger partial charge is 0.382 e. The van der Waals surface area contributed by atoms with E-state index < -0.39 is 0 Å². The molecule has 21 heavy (non-hydrogen) atoms. The Hall–Kier alpha value is -1.77. The van der Waals surface area contributed by atoms with E-state index in [1.165, 1.54) is 55.5 Å². The van der Waals surface area contributed by atoms with E-state index in [0.29, 0.717) is 12.1 Å². The van der Waals surface area contributed by atoms with Crippen LogP contribution in [0.25, 0.3) is 0 Å². The fourth-order valence-electron chi connectivity index (χ4n) is 3.76. The predicted octanol–water partition coefficient (Wildman–Crippen LogP) is 3.97. The molecule has 3 nitrogen and oxygen atoms in total. The highest BCUT2D eigenvalue weighted by Crippen LogP contribution is 2.29. The van der Waals surface area contributed by atoms with E-state index in [0.717, 1.165) is 6.42 Å². The van der Waals surface area contributed by atoms with Crippen LogP contribution in [0.4, 0.5) is 5.69 Å². The molecule has 0 saturated heterocycles. The van der Waals surface area contributed by atoms with Crippen LogP contribution in [0, 0.1) is 0 Å². The first-order valence-corrected chi connectivity index (χ1v) is 8.27. The minimum absolute atomic E-state index is 0.520. The van der Waals surface area contributed by atoms with Crippen molar-refractivity contribution in [2.45, 2.75) is 57.0 Å². The van der Waals surface area contributed by atoms with Gasteiger partial charge < -0.3 is 5.32 Å². The molecular weight excluding hydrogens is 258 g/mol. The van der Waals surface area contributed by atoms with Crippen molar-refractivity contribution in [1.82, 2.24) is 9.78 Å². The zero-order chi connectivity index (χ0) is 14.1. The number of hydrogen-bond donors (Lipinski definition) is 1. The minimum Gasteiger partial charge on any atom is -0.382 e. The molecule has 0 bridgehead atoms. The molecule has 1 N–H and O–H groups in total. The first-order valence-electron chi connectivity index (χ1n) is 8.27. The van der Waals surface area contributed by atoms with Gasteiger partial charge in [0.2, 0.25) is 0 Å². The third-order valence-electron chi connectivity index (χ3n) is 4.96. The summed E-state index contributed by atoms with van der Waals surface area (Å²) in [6.07, 6.45) is 10.9. The Balaban J connectivity index is 1.43. The lowest BCUT2D eigenvalue weighted by molar-refractivity contribution is 0.460. The minimum atomic E-state index is 0.520. The molecule has 1 saturated carbocycles. The second kappa shape index (κ2) is 5.55. The molecule has 1 aromatic heterocycles. The van der Waals surface area contributed by atoms with Crippen LogP contribution < -0.4 is 5.32 Å². The molecule has 2 aromatic rings. The Morgan fingerprint density at radius 2 is 1.95 bits per heavy atom. The number of para-hydroxylation sites is 1. The highest BCUT2D eigenvalue weighted by molar-refractivity contribution is 5.53. The van der Waals surface area contributed by atoms with Crippen molar-refractivity contribution in [2.75, 3.05) is 5.32 Å². The number of fused-ring (bicyclic) bond motifs is 1. The van der Waals surface area contributed by atoms with E-state index in [1.807, 2.05) is 0 Å². The summed E-state index contributed by atoms with van der Waals surface area (Å²) in [7, 11) is 0. The van der Waals surface area contributed by atoms with Gasteiger partial charge in [0.1, 0.15) is 0 Å². The maximum absolute atomic E-state index is 4.82. The summed E-state index contributed by atoms with van der Waals surface area (Å²) in [5.74, 6) is 0. The van der Waals surface area contributed by atoms with Crippen LogP contribution in [0.5, 0.6) is 0 Å². The summed E-state index contributed by atoms with van der Waals surface area (Å²) < 4.78 is 2.21. The molecule has 3 heteroatoms. The molecule has 110 valence electrons. The topological polar surface area (TPSA) is 29.9 Å². The average Bonchev–Trinajstić information content (AvgIpc) is 3.18. The molecule has 0 radical (unpaired) electrons. The fourth-order valence-corrected chi connectivity index (χ4v) is 3.76. The third kappa shape index (κ3) is 2.69. The number of hydrogen-bond acceptors (Lipinski definition) is 2. The van der Waals surface area contributed by atoms with Gasteiger partial charge in [0.05, 0.1) is 11.7 Å². The molecule has 0 amide bonds. The van der Waals surface area contributed by atoms with E-state index in [1.54, 1.807) is 0 Å². The second-order valence-corrected chi connectivity index (χ2v) is 6.47. The Morgan fingerprint density at radius 1 is 1.10 bits per heavy atom. The van der Waals surface area contributed by atoms with Gasteiger partial charge >= 0.3 is 0 Å². The molecule has 2 aliphatic rings. The van der Waals surface area contributed by atoms with Gasteiger partial charge in [-0.15, -0.1) is 0 Å². The SMILES string of the molecule is c1ccc2c(c1)CCC(Cc1ccn(C3CCCC3)n1)N2. The van der Waals surface area contributed by atoms with Crippen LogP contribution in [0.2, 0.25) is 0 Å². The summed E-state index contributed by atoms with van der Waals surface area (Å²) >= 11 is 0. The lowest BCUT2D eigenvalue weighted by Gasteiger charge is -2.26. The Morgan fingerprint density at radius 3 is 2.86 bits per heavy atom. The summed E-state index contributed by atoms with van der Waals surface area (Å²) in [6, 6.07) is 12.0. The molecule has 0 spiro atoms. The Kier molecular flexibility index (Phi) is 3.42. The van der Waals surface area contributed by atoms with Crippen molar-refractivity contribution in [1.29, 1.82) is 0 Å². The smallest absolute Gasteiger partial charge is 0.0645 e. The van der Waals surface area contributed by atoms with E-state index in [-0.39, 0.29) is 0 Å². The van der Waals surface area contributed by atoms with Gasteiger partial charge in [0, 0.05) is 24.3 Å². The monoisotopic (exact) mass is 281 g/mol. The van der Waals surface area contributed by atoms with E-state index in [4.69, 9.17) is 5.10 Å². The number of rotatable bonds is 3. The van der Waals surface area contributed by atoms with E-state index in [9.17, 15) is 0 Å². The quantitative estimate of drug-likeness (QED) is 0.922. The molecule has 1 aromatic carbocycles. The van der Waals surface area contributed by atoms with Gasteiger partial charge in [-0.2, -0.15) is 5.10 Å². The van der Waals surface area contributed by atoms with Crippen molar-refractivity contribution >= 4 is 5.69 Å². The highest BCUT2D eigenvalue weighted by atomic mass is 15.3. The zero-order valence-electron chi connectivity index (χ0n) is 12.5. The van der Waals surface area contributed by atoms with Crippen LogP contribution in [0.1, 0.15) is 49.4 Å². The molecule has 1 fully saturated rings. The summed E-state index contributed by atoms with van der Waals surface area (Å²) in [5, 5.41) is 8.49. The maximum atomic E-state index is 4.82. The standard InChI is InChI=1S/C18H23N3/c1-4-8-18-14(5-1)9-10-15(19-18)13-16-11-12-21(20-16)17-6-2-3-7-17/h1,4-5,8,11-12,15,17,19H,2-3,6-7,9-10,13H2. The number of nitrogens with one attached hydrogen (secondary N) is 1. The first kappa shape index (κ1) is 12.9. The normalized spacial score (nSPS) is 22.0. The van der Waals surface area contributed by atoms with Crippen molar-refractivity contribution in [3.63, 3.8) is 0 Å². The van der Waals surface area contributed by atoms with Crippen molar-refractivity contribution in [3.05, 3.63) is 47.8 Å². The molecule has 2 heterocycles. The van der Waals surface area contributed by atoms with Crippen molar-refractivity contribution < 1.29 is 0 Å². The Labute approximate surface area is 126 Å². The number of nitrogens with zero attached hydrogens (tertiary/aromatic N) is 2. The summed E-state index contributed by atoms with van der Waals surface area (Å²) in [6.45, 7) is 0.